The summed E-state index contributed by atoms with van der Waals surface area (Å²) >= 11 is 1.56. The average Bonchev–Trinajstić information content (AvgIpc) is 2.28. The lowest BCUT2D eigenvalue weighted by molar-refractivity contribution is 1.27. The van der Waals surface area contributed by atoms with Gasteiger partial charge in [-0.3, -0.25) is 0 Å². The summed E-state index contributed by atoms with van der Waals surface area (Å²) in [5.74, 6) is 0. The highest BCUT2D eigenvalue weighted by Gasteiger charge is 2.05. The Hall–Kier alpha value is -1.09. The van der Waals surface area contributed by atoms with Crippen molar-refractivity contribution in [2.24, 2.45) is 0 Å². The summed E-state index contributed by atoms with van der Waals surface area (Å²) in [5.41, 5.74) is 7.98. The third-order valence-corrected chi connectivity index (χ3v) is 3.01. The third-order valence-electron chi connectivity index (χ3n) is 1.98. The smallest absolute Gasteiger partial charge is 0.125 e. The first-order chi connectivity index (χ1) is 5.68. The monoisotopic (exact) mass is 178 g/mol. The average molecular weight is 178 g/mol. The van der Waals surface area contributed by atoms with Gasteiger partial charge in [-0.15, -0.1) is 0 Å². The second-order valence-corrected chi connectivity index (χ2v) is 3.93. The zero-order valence-electron chi connectivity index (χ0n) is 7.09. The summed E-state index contributed by atoms with van der Waals surface area (Å²) < 4.78 is 0. The van der Waals surface area contributed by atoms with Gasteiger partial charge < -0.3 is 5.73 Å². The van der Waals surface area contributed by atoms with E-state index in [-0.39, 0.29) is 0 Å². The molecule has 0 saturated carbocycles. The molecule has 0 aromatic carbocycles. The molecule has 2 heterocycles. The second kappa shape index (κ2) is 2.45. The number of hydrogen-bond acceptors (Lipinski definition) is 3. The maximum atomic E-state index is 5.78. The molecule has 0 aliphatic rings. The van der Waals surface area contributed by atoms with Crippen molar-refractivity contribution in [3.05, 3.63) is 23.4 Å². The van der Waals surface area contributed by atoms with Gasteiger partial charge in [0, 0.05) is 11.1 Å². The largest absolute Gasteiger partial charge is 0.390 e. The van der Waals surface area contributed by atoms with Gasteiger partial charge in [-0.1, -0.05) is 11.3 Å². The molecule has 0 bridgehead atoms. The van der Waals surface area contributed by atoms with Gasteiger partial charge in [0.15, 0.2) is 0 Å². The summed E-state index contributed by atoms with van der Waals surface area (Å²) in [7, 11) is 0. The highest BCUT2D eigenvalue weighted by Crippen LogP contribution is 2.31. The number of pyridine rings is 1. The normalized spacial score (nSPS) is 10.8. The van der Waals surface area contributed by atoms with Crippen LogP contribution in [0.3, 0.4) is 0 Å². The highest BCUT2D eigenvalue weighted by atomic mass is 32.1. The van der Waals surface area contributed by atoms with Crippen LogP contribution in [0.5, 0.6) is 0 Å². The molecule has 0 atom stereocenters. The van der Waals surface area contributed by atoms with Crippen LogP contribution in [0.25, 0.3) is 10.2 Å². The minimum Gasteiger partial charge on any atom is -0.390 e. The molecule has 62 valence electrons. The molecule has 0 unspecified atom stereocenters. The SMILES string of the molecule is Cc1ccc2c(C)c(N)sc2n1. The number of hydrogen-bond donors (Lipinski definition) is 1. The number of aromatic nitrogens is 1. The Labute approximate surface area is 75.0 Å². The molecule has 2 nitrogen and oxygen atoms in total. The van der Waals surface area contributed by atoms with Crippen LogP contribution in [0.15, 0.2) is 12.1 Å². The van der Waals surface area contributed by atoms with E-state index in [1.165, 1.54) is 5.39 Å². The summed E-state index contributed by atoms with van der Waals surface area (Å²) in [4.78, 5) is 5.44. The molecule has 2 rings (SSSR count). The Bertz CT molecular complexity index is 431. The number of rotatable bonds is 0. The minimum absolute atomic E-state index is 0.878. The van der Waals surface area contributed by atoms with Crippen LogP contribution in [0, 0.1) is 13.8 Å². The number of anilines is 1. The molecule has 2 N–H and O–H groups in total. The number of fused-ring (bicyclic) bond motifs is 1. The van der Waals surface area contributed by atoms with E-state index in [1.54, 1.807) is 11.3 Å². The summed E-state index contributed by atoms with van der Waals surface area (Å²) in [6, 6.07) is 4.10. The van der Waals surface area contributed by atoms with Crippen molar-refractivity contribution in [2.45, 2.75) is 13.8 Å². The molecular formula is C9H10N2S. The predicted molar refractivity (Wildman–Crippen MR) is 53.5 cm³/mol. The number of nitrogens with zero attached hydrogens (tertiary/aromatic N) is 1. The Balaban J connectivity index is 2.87. The zero-order chi connectivity index (χ0) is 8.72. The van der Waals surface area contributed by atoms with E-state index < -0.39 is 0 Å². The van der Waals surface area contributed by atoms with Crippen LogP contribution in [0.2, 0.25) is 0 Å². The lowest BCUT2D eigenvalue weighted by Crippen LogP contribution is -1.81. The van der Waals surface area contributed by atoms with E-state index in [0.29, 0.717) is 0 Å². The Morgan fingerprint density at radius 1 is 1.33 bits per heavy atom. The molecular weight excluding hydrogens is 168 g/mol. The van der Waals surface area contributed by atoms with Gasteiger partial charge in [0.05, 0.1) is 5.00 Å². The number of nitrogen functional groups attached to an aromatic ring is 1. The minimum atomic E-state index is 0.878. The molecule has 0 spiro atoms. The van der Waals surface area contributed by atoms with Crippen LogP contribution in [-0.2, 0) is 0 Å². The molecule has 0 saturated heterocycles. The van der Waals surface area contributed by atoms with E-state index in [4.69, 9.17) is 5.73 Å². The van der Waals surface area contributed by atoms with E-state index >= 15 is 0 Å². The molecule has 2 aromatic heterocycles. The Kier molecular flexibility index (Phi) is 1.54. The topological polar surface area (TPSA) is 38.9 Å². The van der Waals surface area contributed by atoms with Crippen LogP contribution in [0.1, 0.15) is 11.3 Å². The number of thiophene rings is 1. The maximum Gasteiger partial charge on any atom is 0.125 e. The van der Waals surface area contributed by atoms with Crippen LogP contribution in [-0.4, -0.2) is 4.98 Å². The van der Waals surface area contributed by atoms with Crippen molar-refractivity contribution in [1.29, 1.82) is 0 Å². The van der Waals surface area contributed by atoms with Crippen LogP contribution in [0.4, 0.5) is 5.00 Å². The lowest BCUT2D eigenvalue weighted by atomic mass is 10.2. The van der Waals surface area contributed by atoms with Crippen molar-refractivity contribution >= 4 is 26.6 Å². The molecule has 12 heavy (non-hydrogen) atoms. The molecule has 3 heteroatoms. The maximum absolute atomic E-state index is 5.78. The third kappa shape index (κ3) is 0.975. The van der Waals surface area contributed by atoms with E-state index in [1.807, 2.05) is 19.9 Å². The standard InChI is InChI=1S/C9H10N2S/c1-5-3-4-7-6(2)8(10)12-9(7)11-5/h3-4H,10H2,1-2H3. The first-order valence-corrected chi connectivity index (χ1v) is 4.62. The molecule has 0 radical (unpaired) electrons. The van der Waals surface area contributed by atoms with Gasteiger partial charge in [0.25, 0.3) is 0 Å². The summed E-state index contributed by atoms with van der Waals surface area (Å²) in [5, 5.41) is 2.06. The summed E-state index contributed by atoms with van der Waals surface area (Å²) in [6.45, 7) is 4.02. The number of nitrogens with two attached hydrogens (primary N) is 1. The van der Waals surface area contributed by atoms with Gasteiger partial charge in [0.1, 0.15) is 4.83 Å². The fourth-order valence-corrected chi connectivity index (χ4v) is 2.20. The number of aryl methyl sites for hydroxylation is 2. The second-order valence-electron chi connectivity index (χ2n) is 2.90. The van der Waals surface area contributed by atoms with Crippen molar-refractivity contribution < 1.29 is 0 Å². The first-order valence-electron chi connectivity index (χ1n) is 3.80. The Morgan fingerprint density at radius 3 is 2.83 bits per heavy atom. The van der Waals surface area contributed by atoms with Crippen LogP contribution >= 0.6 is 11.3 Å². The molecule has 2 aromatic rings. The molecule has 0 amide bonds. The molecule has 0 aliphatic carbocycles. The molecule has 0 fully saturated rings. The fourth-order valence-electron chi connectivity index (χ4n) is 1.21. The fraction of sp³-hybridized carbons (Fsp3) is 0.222. The van der Waals surface area contributed by atoms with Gasteiger partial charge >= 0.3 is 0 Å². The Morgan fingerprint density at radius 2 is 2.08 bits per heavy atom. The molecule has 0 aliphatic heterocycles. The quantitative estimate of drug-likeness (QED) is 0.673. The first kappa shape index (κ1) is 7.55. The highest BCUT2D eigenvalue weighted by molar-refractivity contribution is 7.22. The van der Waals surface area contributed by atoms with E-state index in [2.05, 4.69) is 11.1 Å². The predicted octanol–water partition coefficient (Wildman–Crippen LogP) is 2.50. The van der Waals surface area contributed by atoms with E-state index in [9.17, 15) is 0 Å². The lowest BCUT2D eigenvalue weighted by Gasteiger charge is -1.91. The van der Waals surface area contributed by atoms with Crippen molar-refractivity contribution in [3.8, 4) is 0 Å². The van der Waals surface area contributed by atoms with Crippen molar-refractivity contribution in [3.63, 3.8) is 0 Å². The van der Waals surface area contributed by atoms with Crippen LogP contribution < -0.4 is 5.73 Å². The van der Waals surface area contributed by atoms with Crippen molar-refractivity contribution in [1.82, 2.24) is 4.98 Å². The summed E-state index contributed by atoms with van der Waals surface area (Å²) in [6.07, 6.45) is 0. The van der Waals surface area contributed by atoms with Gasteiger partial charge in [-0.05, 0) is 31.5 Å². The van der Waals surface area contributed by atoms with E-state index in [0.717, 1.165) is 21.1 Å². The zero-order valence-corrected chi connectivity index (χ0v) is 7.90. The van der Waals surface area contributed by atoms with Gasteiger partial charge in [-0.25, -0.2) is 4.98 Å². The van der Waals surface area contributed by atoms with Gasteiger partial charge in [-0.2, -0.15) is 0 Å². The van der Waals surface area contributed by atoms with Gasteiger partial charge in [0.2, 0.25) is 0 Å². The van der Waals surface area contributed by atoms with Crippen molar-refractivity contribution in [2.75, 3.05) is 5.73 Å².